The van der Waals surface area contributed by atoms with Crippen LogP contribution in [0, 0.1) is 5.82 Å². The second kappa shape index (κ2) is 9.14. The van der Waals surface area contributed by atoms with Crippen LogP contribution < -0.4 is 5.32 Å². The molecule has 1 heterocycles. The molecule has 0 aliphatic heterocycles. The molecular formula is C22H22FN3O3. The lowest BCUT2D eigenvalue weighted by atomic mass is 10.1. The van der Waals surface area contributed by atoms with Crippen LogP contribution in [0.15, 0.2) is 54.6 Å². The third-order valence-corrected chi connectivity index (χ3v) is 4.17. The highest BCUT2D eigenvalue weighted by atomic mass is 19.1. The largest absolute Gasteiger partial charge is 0.461 e. The van der Waals surface area contributed by atoms with Crippen LogP contribution in [0.25, 0.3) is 16.9 Å². The Labute approximate surface area is 168 Å². The summed E-state index contributed by atoms with van der Waals surface area (Å²) in [7, 11) is 0. The number of nitrogens with zero attached hydrogens (tertiary/aromatic N) is 2. The first kappa shape index (κ1) is 20.3. The van der Waals surface area contributed by atoms with Gasteiger partial charge in [0.05, 0.1) is 18.0 Å². The van der Waals surface area contributed by atoms with Gasteiger partial charge in [-0.05, 0) is 49.7 Å². The zero-order valence-electron chi connectivity index (χ0n) is 16.3. The molecule has 0 saturated heterocycles. The standard InChI is InChI=1S/C22H22FN3O3/c1-3-7-21(27)24-17-10-5-8-15(12-17)20-14-19(22(28)29-4-2)25-26(20)18-11-6-9-16(23)13-18/h5-6,8-14H,3-4,7H2,1-2H3,(H,24,27). The molecule has 1 amide bonds. The van der Waals surface area contributed by atoms with Crippen LogP contribution in [-0.2, 0) is 9.53 Å². The smallest absolute Gasteiger partial charge is 0.358 e. The summed E-state index contributed by atoms with van der Waals surface area (Å²) < 4.78 is 20.3. The van der Waals surface area contributed by atoms with Gasteiger partial charge in [0.2, 0.25) is 5.91 Å². The Kier molecular flexibility index (Phi) is 6.39. The third-order valence-electron chi connectivity index (χ3n) is 4.17. The molecule has 0 atom stereocenters. The van der Waals surface area contributed by atoms with Crippen molar-refractivity contribution in [3.8, 4) is 16.9 Å². The fourth-order valence-electron chi connectivity index (χ4n) is 2.90. The van der Waals surface area contributed by atoms with E-state index in [0.717, 1.165) is 6.42 Å². The number of anilines is 1. The summed E-state index contributed by atoms with van der Waals surface area (Å²) in [4.78, 5) is 24.1. The van der Waals surface area contributed by atoms with Crippen molar-refractivity contribution < 1.29 is 18.7 Å². The minimum Gasteiger partial charge on any atom is -0.461 e. The monoisotopic (exact) mass is 395 g/mol. The van der Waals surface area contributed by atoms with Crippen molar-refractivity contribution in [1.82, 2.24) is 9.78 Å². The van der Waals surface area contributed by atoms with Crippen molar-refractivity contribution >= 4 is 17.6 Å². The van der Waals surface area contributed by atoms with Crippen LogP contribution >= 0.6 is 0 Å². The first-order chi connectivity index (χ1) is 14.0. The molecule has 0 radical (unpaired) electrons. The summed E-state index contributed by atoms with van der Waals surface area (Å²) in [5, 5.41) is 7.18. The van der Waals surface area contributed by atoms with Crippen molar-refractivity contribution in [1.29, 1.82) is 0 Å². The number of halogens is 1. The molecule has 7 heteroatoms. The number of esters is 1. The molecule has 0 spiro atoms. The molecule has 0 aliphatic carbocycles. The maximum Gasteiger partial charge on any atom is 0.358 e. The highest BCUT2D eigenvalue weighted by molar-refractivity contribution is 5.92. The molecule has 29 heavy (non-hydrogen) atoms. The number of rotatable bonds is 7. The lowest BCUT2D eigenvalue weighted by molar-refractivity contribution is -0.116. The van der Waals surface area contributed by atoms with Gasteiger partial charge in [0.25, 0.3) is 0 Å². The summed E-state index contributed by atoms with van der Waals surface area (Å²) in [6.45, 7) is 3.87. The van der Waals surface area contributed by atoms with Gasteiger partial charge in [0.1, 0.15) is 5.82 Å². The van der Waals surface area contributed by atoms with Crippen molar-refractivity contribution in [2.45, 2.75) is 26.7 Å². The number of carbonyl (C=O) groups excluding carboxylic acids is 2. The van der Waals surface area contributed by atoms with E-state index in [2.05, 4.69) is 10.4 Å². The predicted molar refractivity (Wildman–Crippen MR) is 108 cm³/mol. The lowest BCUT2D eigenvalue weighted by Crippen LogP contribution is -2.10. The van der Waals surface area contributed by atoms with Gasteiger partial charge >= 0.3 is 5.97 Å². The maximum atomic E-state index is 13.8. The van der Waals surface area contributed by atoms with Crippen LogP contribution in [0.1, 0.15) is 37.2 Å². The van der Waals surface area contributed by atoms with E-state index < -0.39 is 11.8 Å². The van der Waals surface area contributed by atoms with Crippen LogP contribution in [-0.4, -0.2) is 28.3 Å². The predicted octanol–water partition coefficient (Wildman–Crippen LogP) is 4.59. The van der Waals surface area contributed by atoms with E-state index in [4.69, 9.17) is 4.74 Å². The summed E-state index contributed by atoms with van der Waals surface area (Å²) in [5.41, 5.74) is 2.50. The molecular weight excluding hydrogens is 373 g/mol. The lowest BCUT2D eigenvalue weighted by Gasteiger charge is -2.10. The molecule has 0 bridgehead atoms. The van der Waals surface area contributed by atoms with Crippen LogP contribution in [0.5, 0.6) is 0 Å². The van der Waals surface area contributed by atoms with Crippen molar-refractivity contribution in [3.63, 3.8) is 0 Å². The molecule has 0 fully saturated rings. The minimum absolute atomic E-state index is 0.0736. The van der Waals surface area contributed by atoms with E-state index in [9.17, 15) is 14.0 Å². The van der Waals surface area contributed by atoms with Crippen molar-refractivity contribution in [3.05, 3.63) is 66.1 Å². The quantitative estimate of drug-likeness (QED) is 0.594. The van der Waals surface area contributed by atoms with Gasteiger partial charge < -0.3 is 10.1 Å². The Balaban J connectivity index is 2.05. The second-order valence-electron chi connectivity index (χ2n) is 6.41. The number of nitrogens with one attached hydrogen (secondary N) is 1. The van der Waals surface area contributed by atoms with E-state index in [-0.39, 0.29) is 18.2 Å². The fourth-order valence-corrected chi connectivity index (χ4v) is 2.90. The number of benzene rings is 2. The van der Waals surface area contributed by atoms with Gasteiger partial charge in [-0.25, -0.2) is 13.9 Å². The summed E-state index contributed by atoms with van der Waals surface area (Å²) >= 11 is 0. The average molecular weight is 395 g/mol. The van der Waals surface area contributed by atoms with Gasteiger partial charge in [-0.2, -0.15) is 5.10 Å². The molecule has 150 valence electrons. The number of carbonyl (C=O) groups is 2. The third kappa shape index (κ3) is 4.87. The summed E-state index contributed by atoms with van der Waals surface area (Å²) in [6, 6.07) is 14.7. The Hall–Kier alpha value is -3.48. The number of hydrogen-bond acceptors (Lipinski definition) is 4. The number of amides is 1. The molecule has 6 nitrogen and oxygen atoms in total. The van der Waals surface area contributed by atoms with E-state index in [1.165, 1.54) is 16.8 Å². The number of aromatic nitrogens is 2. The van der Waals surface area contributed by atoms with Gasteiger partial charge in [-0.3, -0.25) is 4.79 Å². The SMILES string of the molecule is CCCC(=O)Nc1cccc(-c2cc(C(=O)OCC)nn2-c2cccc(F)c2)c1. The maximum absolute atomic E-state index is 13.8. The van der Waals surface area contributed by atoms with Gasteiger partial charge in [-0.15, -0.1) is 0 Å². The Morgan fingerprint density at radius 1 is 1.10 bits per heavy atom. The van der Waals surface area contributed by atoms with E-state index in [1.807, 2.05) is 13.0 Å². The number of hydrogen-bond donors (Lipinski definition) is 1. The first-order valence-electron chi connectivity index (χ1n) is 9.45. The highest BCUT2D eigenvalue weighted by Crippen LogP contribution is 2.27. The fraction of sp³-hybridized carbons (Fsp3) is 0.227. The normalized spacial score (nSPS) is 10.6. The van der Waals surface area contributed by atoms with Gasteiger partial charge in [-0.1, -0.05) is 25.1 Å². The van der Waals surface area contributed by atoms with Gasteiger partial charge in [0, 0.05) is 17.7 Å². The molecule has 2 aromatic carbocycles. The molecule has 1 N–H and O–H groups in total. The Morgan fingerprint density at radius 2 is 1.90 bits per heavy atom. The van der Waals surface area contributed by atoms with Crippen molar-refractivity contribution in [2.75, 3.05) is 11.9 Å². The highest BCUT2D eigenvalue weighted by Gasteiger charge is 2.18. The van der Waals surface area contributed by atoms with E-state index in [1.54, 1.807) is 43.3 Å². The molecule has 3 aromatic rings. The second-order valence-corrected chi connectivity index (χ2v) is 6.41. The topological polar surface area (TPSA) is 73.2 Å². The van der Waals surface area contributed by atoms with Crippen molar-refractivity contribution in [2.24, 2.45) is 0 Å². The zero-order chi connectivity index (χ0) is 20.8. The molecule has 1 aromatic heterocycles. The zero-order valence-corrected chi connectivity index (χ0v) is 16.3. The van der Waals surface area contributed by atoms with Gasteiger partial charge in [0.15, 0.2) is 5.69 Å². The Morgan fingerprint density at radius 3 is 2.62 bits per heavy atom. The minimum atomic E-state index is -0.559. The number of ether oxygens (including phenoxy) is 1. The van der Waals surface area contributed by atoms with E-state index in [0.29, 0.717) is 29.1 Å². The van der Waals surface area contributed by atoms with Crippen LogP contribution in [0.3, 0.4) is 0 Å². The van der Waals surface area contributed by atoms with E-state index >= 15 is 0 Å². The molecule has 0 saturated carbocycles. The molecule has 0 unspecified atom stereocenters. The summed E-state index contributed by atoms with van der Waals surface area (Å²) in [5.74, 6) is -1.05. The average Bonchev–Trinajstić information content (AvgIpc) is 3.14. The first-order valence-corrected chi connectivity index (χ1v) is 9.45. The molecule has 0 aliphatic rings. The Bertz CT molecular complexity index is 1030. The summed E-state index contributed by atoms with van der Waals surface area (Å²) in [6.07, 6.45) is 1.18. The van der Waals surface area contributed by atoms with Crippen LogP contribution in [0.4, 0.5) is 10.1 Å². The molecule has 3 rings (SSSR count). The van der Waals surface area contributed by atoms with Crippen LogP contribution in [0.2, 0.25) is 0 Å².